The summed E-state index contributed by atoms with van der Waals surface area (Å²) >= 11 is 4.79. The molecule has 2 N–H and O–H groups in total. The van der Waals surface area contributed by atoms with Crippen molar-refractivity contribution in [2.24, 2.45) is 0 Å². The second-order valence-electron chi connectivity index (χ2n) is 4.20. The van der Waals surface area contributed by atoms with Gasteiger partial charge in [-0.05, 0) is 51.1 Å². The van der Waals surface area contributed by atoms with Crippen molar-refractivity contribution in [3.8, 4) is 0 Å². The molecular weight excluding hydrogens is 367 g/mol. The highest BCUT2D eigenvalue weighted by molar-refractivity contribution is 9.11. The number of benzene rings is 1. The number of hydrogen-bond donors (Lipinski definition) is 1. The predicted molar refractivity (Wildman–Crippen MR) is 81.5 cm³/mol. The molecule has 0 atom stereocenters. The number of hydrogen-bond acceptors (Lipinski definition) is 4. The third-order valence-corrected chi connectivity index (χ3v) is 6.10. The van der Waals surface area contributed by atoms with E-state index in [1.165, 1.54) is 24.5 Å². The number of halogens is 2. The monoisotopic (exact) mass is 378 g/mol. The maximum Gasteiger partial charge on any atom is 0.245 e. The van der Waals surface area contributed by atoms with Crippen LogP contribution in [0.15, 0.2) is 38.3 Å². The Morgan fingerprint density at radius 3 is 2.70 bits per heavy atom. The fourth-order valence-electron chi connectivity index (χ4n) is 1.67. The highest BCUT2D eigenvalue weighted by Crippen LogP contribution is 2.26. The molecule has 0 spiro atoms. The molecule has 1 aromatic carbocycles. The van der Waals surface area contributed by atoms with Gasteiger partial charge in [0.25, 0.3) is 0 Å². The summed E-state index contributed by atoms with van der Waals surface area (Å²) in [6, 6.07) is 5.15. The first-order chi connectivity index (χ1) is 9.30. The number of nitrogen functional groups attached to an aromatic ring is 1. The van der Waals surface area contributed by atoms with Crippen LogP contribution in [0.1, 0.15) is 5.56 Å². The van der Waals surface area contributed by atoms with Gasteiger partial charge in [-0.2, -0.15) is 4.31 Å². The van der Waals surface area contributed by atoms with Crippen LogP contribution in [-0.2, 0) is 16.6 Å². The molecule has 0 aliphatic rings. The van der Waals surface area contributed by atoms with Gasteiger partial charge in [0.15, 0.2) is 0 Å². The molecule has 2 aromatic rings. The van der Waals surface area contributed by atoms with Crippen LogP contribution in [0.3, 0.4) is 0 Å². The van der Waals surface area contributed by atoms with Crippen LogP contribution in [-0.4, -0.2) is 19.8 Å². The average Bonchev–Trinajstić information content (AvgIpc) is 2.77. The van der Waals surface area contributed by atoms with Crippen molar-refractivity contribution in [3.63, 3.8) is 0 Å². The zero-order chi connectivity index (χ0) is 14.9. The molecule has 108 valence electrons. The lowest BCUT2D eigenvalue weighted by Gasteiger charge is -2.17. The Labute approximate surface area is 129 Å². The van der Waals surface area contributed by atoms with Crippen LogP contribution in [0.4, 0.5) is 10.1 Å². The van der Waals surface area contributed by atoms with Crippen LogP contribution >= 0.6 is 27.3 Å². The van der Waals surface area contributed by atoms with Crippen molar-refractivity contribution in [1.29, 1.82) is 0 Å². The molecule has 4 nitrogen and oxygen atoms in total. The molecule has 0 radical (unpaired) electrons. The van der Waals surface area contributed by atoms with Crippen molar-refractivity contribution in [2.45, 2.75) is 11.4 Å². The molecule has 0 aliphatic carbocycles. The van der Waals surface area contributed by atoms with Gasteiger partial charge in [0.05, 0.1) is 9.47 Å². The molecule has 1 heterocycles. The lowest BCUT2D eigenvalue weighted by atomic mass is 10.3. The Bertz CT molecular complexity index is 731. The van der Waals surface area contributed by atoms with E-state index in [0.717, 1.165) is 25.8 Å². The minimum Gasteiger partial charge on any atom is -0.398 e. The zero-order valence-corrected chi connectivity index (χ0v) is 13.7. The average molecular weight is 379 g/mol. The van der Waals surface area contributed by atoms with E-state index in [1.54, 1.807) is 0 Å². The van der Waals surface area contributed by atoms with E-state index in [-0.39, 0.29) is 17.1 Å². The number of anilines is 1. The molecular formula is C12H12BrFN2O2S2. The fourth-order valence-corrected chi connectivity index (χ4v) is 4.15. The largest absolute Gasteiger partial charge is 0.398 e. The van der Waals surface area contributed by atoms with Gasteiger partial charge in [-0.1, -0.05) is 0 Å². The van der Waals surface area contributed by atoms with Gasteiger partial charge < -0.3 is 5.73 Å². The third-order valence-electron chi connectivity index (χ3n) is 2.69. The second-order valence-corrected chi connectivity index (χ2v) is 8.51. The highest BCUT2D eigenvalue weighted by atomic mass is 79.9. The van der Waals surface area contributed by atoms with Gasteiger partial charge in [0, 0.05) is 13.6 Å². The van der Waals surface area contributed by atoms with E-state index in [0.29, 0.717) is 0 Å². The van der Waals surface area contributed by atoms with Crippen LogP contribution in [0.2, 0.25) is 0 Å². The summed E-state index contributed by atoms with van der Waals surface area (Å²) in [4.78, 5) is -0.214. The van der Waals surface area contributed by atoms with E-state index < -0.39 is 15.8 Å². The first-order valence-electron chi connectivity index (χ1n) is 5.55. The molecule has 0 fully saturated rings. The normalized spacial score (nSPS) is 12.0. The number of nitrogens with zero attached hydrogens (tertiary/aromatic N) is 1. The van der Waals surface area contributed by atoms with Crippen LogP contribution < -0.4 is 5.73 Å². The number of thiophene rings is 1. The Kier molecular flexibility index (Phi) is 4.48. The van der Waals surface area contributed by atoms with E-state index in [1.807, 2.05) is 11.4 Å². The van der Waals surface area contributed by atoms with Gasteiger partial charge >= 0.3 is 0 Å². The molecule has 8 heteroatoms. The lowest BCUT2D eigenvalue weighted by Crippen LogP contribution is -2.27. The van der Waals surface area contributed by atoms with Crippen LogP contribution in [0.25, 0.3) is 0 Å². The summed E-state index contributed by atoms with van der Waals surface area (Å²) in [5, 5.41) is 1.85. The van der Waals surface area contributed by atoms with E-state index in [9.17, 15) is 12.8 Å². The minimum atomic E-state index is -3.82. The van der Waals surface area contributed by atoms with Crippen LogP contribution in [0.5, 0.6) is 0 Å². The molecule has 2 rings (SSSR count). The van der Waals surface area contributed by atoms with Gasteiger partial charge in [0.1, 0.15) is 10.7 Å². The lowest BCUT2D eigenvalue weighted by molar-refractivity contribution is 0.466. The smallest absolute Gasteiger partial charge is 0.245 e. The highest BCUT2D eigenvalue weighted by Gasteiger charge is 2.24. The summed E-state index contributed by atoms with van der Waals surface area (Å²) in [6.07, 6.45) is 0. The standard InChI is InChI=1S/C12H12BrFN2O2S2/c1-16(6-8-4-12(13)19-7-8)20(17,18)11-5-9(14)2-3-10(11)15/h2-5,7H,6,15H2,1H3. The summed E-state index contributed by atoms with van der Waals surface area (Å²) in [6.45, 7) is 0.195. The van der Waals surface area contributed by atoms with Crippen molar-refractivity contribution < 1.29 is 12.8 Å². The Morgan fingerprint density at radius 1 is 1.40 bits per heavy atom. The first-order valence-corrected chi connectivity index (χ1v) is 8.66. The predicted octanol–water partition coefficient (Wildman–Crippen LogP) is 3.05. The second kappa shape index (κ2) is 5.80. The molecule has 0 bridgehead atoms. The summed E-state index contributed by atoms with van der Waals surface area (Å²) < 4.78 is 40.1. The maximum absolute atomic E-state index is 13.2. The molecule has 0 unspecified atom stereocenters. The Morgan fingerprint density at radius 2 is 2.10 bits per heavy atom. The van der Waals surface area contributed by atoms with E-state index in [2.05, 4.69) is 15.9 Å². The summed E-state index contributed by atoms with van der Waals surface area (Å²) in [5.74, 6) is -0.635. The number of sulfonamides is 1. The summed E-state index contributed by atoms with van der Waals surface area (Å²) in [7, 11) is -2.39. The van der Waals surface area contributed by atoms with Crippen molar-refractivity contribution in [1.82, 2.24) is 4.31 Å². The molecule has 0 saturated heterocycles. The molecule has 0 aliphatic heterocycles. The Hall–Kier alpha value is -0.960. The van der Waals surface area contributed by atoms with E-state index in [4.69, 9.17) is 5.73 Å². The minimum absolute atomic E-state index is 0.0322. The van der Waals surface area contributed by atoms with E-state index >= 15 is 0 Å². The number of rotatable bonds is 4. The number of nitrogens with two attached hydrogens (primary N) is 1. The van der Waals surface area contributed by atoms with Gasteiger partial charge in [0.2, 0.25) is 10.0 Å². The topological polar surface area (TPSA) is 63.4 Å². The van der Waals surface area contributed by atoms with Gasteiger partial charge in [-0.15, -0.1) is 11.3 Å². The maximum atomic E-state index is 13.2. The molecule has 0 amide bonds. The SMILES string of the molecule is CN(Cc1csc(Br)c1)S(=O)(=O)c1cc(F)ccc1N. The van der Waals surface area contributed by atoms with Crippen molar-refractivity contribution >= 4 is 43.0 Å². The molecule has 20 heavy (non-hydrogen) atoms. The van der Waals surface area contributed by atoms with Crippen molar-refractivity contribution in [2.75, 3.05) is 12.8 Å². The molecule has 0 saturated carbocycles. The van der Waals surface area contributed by atoms with Gasteiger partial charge in [-0.3, -0.25) is 0 Å². The quantitative estimate of drug-likeness (QED) is 0.831. The summed E-state index contributed by atoms with van der Waals surface area (Å²) in [5.41, 5.74) is 6.52. The van der Waals surface area contributed by atoms with Crippen LogP contribution in [0, 0.1) is 5.82 Å². The third kappa shape index (κ3) is 3.20. The Balaban J connectivity index is 2.32. The zero-order valence-electron chi connectivity index (χ0n) is 10.5. The fraction of sp³-hybridized carbons (Fsp3) is 0.167. The van der Waals surface area contributed by atoms with Gasteiger partial charge in [-0.25, -0.2) is 12.8 Å². The van der Waals surface area contributed by atoms with Crippen molar-refractivity contribution in [3.05, 3.63) is 44.8 Å². The first kappa shape index (κ1) is 15.4. The molecule has 1 aromatic heterocycles.